The lowest BCUT2D eigenvalue weighted by Crippen LogP contribution is -2.05. The van der Waals surface area contributed by atoms with E-state index in [9.17, 15) is 0 Å². The minimum Gasteiger partial charge on any atom is -0.330 e. The van der Waals surface area contributed by atoms with Gasteiger partial charge in [-0.15, -0.1) is 11.3 Å². The van der Waals surface area contributed by atoms with Gasteiger partial charge in [-0.25, -0.2) is 4.98 Å². The van der Waals surface area contributed by atoms with Crippen LogP contribution >= 0.6 is 34.5 Å². The van der Waals surface area contributed by atoms with E-state index in [0.717, 1.165) is 28.3 Å². The van der Waals surface area contributed by atoms with Crippen LogP contribution in [0.1, 0.15) is 5.69 Å². The number of aromatic nitrogens is 2. The summed E-state index contributed by atoms with van der Waals surface area (Å²) in [6.45, 7) is 0.595. The summed E-state index contributed by atoms with van der Waals surface area (Å²) < 4.78 is 2.10. The molecule has 0 aliphatic rings. The topological polar surface area (TPSA) is 43.3 Å². The number of halogens is 2. The lowest BCUT2D eigenvalue weighted by atomic mass is 10.1. The van der Waals surface area contributed by atoms with E-state index in [1.807, 2.05) is 18.3 Å². The maximum Gasteiger partial charge on any atom is 0.194 e. The quantitative estimate of drug-likeness (QED) is 0.798. The first-order valence-corrected chi connectivity index (χ1v) is 7.43. The fourth-order valence-electron chi connectivity index (χ4n) is 2.08. The summed E-state index contributed by atoms with van der Waals surface area (Å²) >= 11 is 13.8. The van der Waals surface area contributed by atoms with Crippen LogP contribution in [0.5, 0.6) is 0 Å². The van der Waals surface area contributed by atoms with Crippen molar-refractivity contribution in [2.24, 2.45) is 5.73 Å². The number of nitrogens with zero attached hydrogens (tertiary/aromatic N) is 2. The molecule has 3 rings (SSSR count). The van der Waals surface area contributed by atoms with E-state index < -0.39 is 0 Å². The molecule has 0 saturated carbocycles. The third-order valence-electron chi connectivity index (χ3n) is 2.93. The third-order valence-corrected chi connectivity index (χ3v) is 4.31. The molecular formula is C13H11Cl2N3S. The summed E-state index contributed by atoms with van der Waals surface area (Å²) in [4.78, 5) is 5.34. The van der Waals surface area contributed by atoms with Crippen molar-refractivity contribution < 1.29 is 0 Å². The summed E-state index contributed by atoms with van der Waals surface area (Å²) in [5.74, 6) is 0. The number of hydrogen-bond donors (Lipinski definition) is 1. The fraction of sp³-hybridized carbons (Fsp3) is 0.154. The first-order chi connectivity index (χ1) is 9.20. The van der Waals surface area contributed by atoms with Gasteiger partial charge in [0.15, 0.2) is 4.96 Å². The maximum atomic E-state index is 6.28. The van der Waals surface area contributed by atoms with Gasteiger partial charge in [0, 0.05) is 28.1 Å². The second-order valence-electron chi connectivity index (χ2n) is 4.15. The van der Waals surface area contributed by atoms with Crippen LogP contribution in [0.25, 0.3) is 16.2 Å². The SMILES string of the molecule is NCCc1cnc2scc(-c3ccc(Cl)cc3Cl)n12. The van der Waals surface area contributed by atoms with Crippen molar-refractivity contribution in [3.63, 3.8) is 0 Å². The number of rotatable bonds is 3. The molecule has 0 spiro atoms. The largest absolute Gasteiger partial charge is 0.330 e. The molecule has 19 heavy (non-hydrogen) atoms. The van der Waals surface area contributed by atoms with Gasteiger partial charge in [-0.1, -0.05) is 23.2 Å². The molecule has 0 radical (unpaired) electrons. The molecule has 0 amide bonds. The summed E-state index contributed by atoms with van der Waals surface area (Å²) in [6.07, 6.45) is 2.65. The second-order valence-corrected chi connectivity index (χ2v) is 5.83. The molecule has 0 atom stereocenters. The van der Waals surface area contributed by atoms with E-state index in [4.69, 9.17) is 28.9 Å². The van der Waals surface area contributed by atoms with Gasteiger partial charge < -0.3 is 5.73 Å². The summed E-state index contributed by atoms with van der Waals surface area (Å²) in [6, 6.07) is 5.52. The smallest absolute Gasteiger partial charge is 0.194 e. The molecule has 1 aromatic carbocycles. The van der Waals surface area contributed by atoms with Crippen LogP contribution in [0.15, 0.2) is 29.8 Å². The van der Waals surface area contributed by atoms with Crippen molar-refractivity contribution in [3.05, 3.63) is 45.5 Å². The van der Waals surface area contributed by atoms with E-state index in [1.54, 1.807) is 17.4 Å². The van der Waals surface area contributed by atoms with Crippen LogP contribution < -0.4 is 5.73 Å². The Morgan fingerprint density at radius 2 is 2.16 bits per heavy atom. The first kappa shape index (κ1) is 12.9. The molecule has 0 aliphatic heterocycles. The Kier molecular flexibility index (Phi) is 3.50. The molecule has 0 unspecified atom stereocenters. The maximum absolute atomic E-state index is 6.28. The average molecular weight is 312 g/mol. The highest BCUT2D eigenvalue weighted by molar-refractivity contribution is 7.15. The Hall–Kier alpha value is -1.07. The Bertz CT molecular complexity index is 733. The molecule has 3 nitrogen and oxygen atoms in total. The molecule has 2 heterocycles. The lowest BCUT2D eigenvalue weighted by molar-refractivity contribution is 0.911. The molecule has 0 fully saturated rings. The Morgan fingerprint density at radius 1 is 1.32 bits per heavy atom. The predicted molar refractivity (Wildman–Crippen MR) is 81.3 cm³/mol. The number of imidazole rings is 1. The van der Waals surface area contributed by atoms with Crippen LogP contribution in [0, 0.1) is 0 Å². The molecule has 6 heteroatoms. The van der Waals surface area contributed by atoms with Crippen LogP contribution in [0.4, 0.5) is 0 Å². The van der Waals surface area contributed by atoms with E-state index in [1.165, 1.54) is 0 Å². The van der Waals surface area contributed by atoms with Gasteiger partial charge >= 0.3 is 0 Å². The number of thiazole rings is 1. The number of fused-ring (bicyclic) bond motifs is 1. The highest BCUT2D eigenvalue weighted by Gasteiger charge is 2.13. The van der Waals surface area contributed by atoms with Crippen LogP contribution in [0.3, 0.4) is 0 Å². The highest BCUT2D eigenvalue weighted by atomic mass is 35.5. The van der Waals surface area contributed by atoms with E-state index >= 15 is 0 Å². The van der Waals surface area contributed by atoms with E-state index in [-0.39, 0.29) is 0 Å². The van der Waals surface area contributed by atoms with Crippen molar-refractivity contribution in [2.75, 3.05) is 6.54 Å². The molecule has 98 valence electrons. The van der Waals surface area contributed by atoms with Crippen LogP contribution in [-0.2, 0) is 6.42 Å². The average Bonchev–Trinajstić information content (AvgIpc) is 2.93. The normalized spacial score (nSPS) is 11.3. The van der Waals surface area contributed by atoms with Crippen molar-refractivity contribution in [1.29, 1.82) is 0 Å². The molecule has 0 aliphatic carbocycles. The Balaban J connectivity index is 2.21. The van der Waals surface area contributed by atoms with Crippen molar-refractivity contribution in [2.45, 2.75) is 6.42 Å². The summed E-state index contributed by atoms with van der Waals surface area (Å²) in [7, 11) is 0. The molecule has 0 saturated heterocycles. The van der Waals surface area contributed by atoms with Gasteiger partial charge in [0.2, 0.25) is 0 Å². The third kappa shape index (κ3) is 2.25. The van der Waals surface area contributed by atoms with Gasteiger partial charge in [-0.2, -0.15) is 0 Å². The number of benzene rings is 1. The first-order valence-electron chi connectivity index (χ1n) is 5.80. The molecule has 2 aromatic heterocycles. The zero-order valence-corrected chi connectivity index (χ0v) is 12.3. The zero-order valence-electron chi connectivity index (χ0n) is 9.94. The van der Waals surface area contributed by atoms with Gasteiger partial charge in [0.1, 0.15) is 0 Å². The predicted octanol–water partition coefficient (Wildman–Crippen LogP) is 3.87. The number of nitrogens with two attached hydrogens (primary N) is 1. The van der Waals surface area contributed by atoms with Crippen LogP contribution in [0.2, 0.25) is 10.0 Å². The van der Waals surface area contributed by atoms with Crippen molar-refractivity contribution >= 4 is 39.5 Å². The van der Waals surface area contributed by atoms with Crippen LogP contribution in [-0.4, -0.2) is 15.9 Å². The molecule has 2 N–H and O–H groups in total. The van der Waals surface area contributed by atoms with Gasteiger partial charge in [-0.3, -0.25) is 4.40 Å². The Morgan fingerprint density at radius 3 is 2.89 bits per heavy atom. The van der Waals surface area contributed by atoms with E-state index in [0.29, 0.717) is 16.6 Å². The molecular weight excluding hydrogens is 301 g/mol. The lowest BCUT2D eigenvalue weighted by Gasteiger charge is -2.06. The molecule has 0 bridgehead atoms. The Labute approximate surface area is 124 Å². The van der Waals surface area contributed by atoms with Gasteiger partial charge in [0.25, 0.3) is 0 Å². The monoisotopic (exact) mass is 311 g/mol. The minimum atomic E-state index is 0.595. The second kappa shape index (κ2) is 5.13. The minimum absolute atomic E-state index is 0.595. The zero-order chi connectivity index (χ0) is 13.4. The standard InChI is InChI=1S/C13H11Cl2N3S/c14-8-1-2-10(11(15)5-8)12-7-19-13-17-6-9(3-4-16)18(12)13/h1-2,5-7H,3-4,16H2. The van der Waals surface area contributed by atoms with Crippen molar-refractivity contribution in [1.82, 2.24) is 9.38 Å². The summed E-state index contributed by atoms with van der Waals surface area (Å²) in [5, 5.41) is 3.32. The highest BCUT2D eigenvalue weighted by Crippen LogP contribution is 2.33. The molecule has 3 aromatic rings. The van der Waals surface area contributed by atoms with Gasteiger partial charge in [-0.05, 0) is 24.7 Å². The van der Waals surface area contributed by atoms with E-state index in [2.05, 4.69) is 14.8 Å². The number of hydrogen-bond acceptors (Lipinski definition) is 3. The fourth-order valence-corrected chi connectivity index (χ4v) is 3.46. The van der Waals surface area contributed by atoms with Gasteiger partial charge in [0.05, 0.1) is 16.9 Å². The summed E-state index contributed by atoms with van der Waals surface area (Å²) in [5.41, 5.74) is 8.72. The van der Waals surface area contributed by atoms with Crippen molar-refractivity contribution in [3.8, 4) is 11.3 Å².